The third-order valence-corrected chi connectivity index (χ3v) is 3.54. The first-order valence-corrected chi connectivity index (χ1v) is 7.23. The molecule has 0 unspecified atom stereocenters. The summed E-state index contributed by atoms with van der Waals surface area (Å²) in [4.78, 5) is 16.3. The summed E-state index contributed by atoms with van der Waals surface area (Å²) in [6, 6.07) is 6.99. The Hall–Kier alpha value is -1.59. The zero-order valence-electron chi connectivity index (χ0n) is 10.8. The molecule has 4 nitrogen and oxygen atoms in total. The minimum Gasteiger partial charge on any atom is -0.385 e. The number of rotatable bonds is 4. The van der Waals surface area contributed by atoms with Crippen molar-refractivity contribution < 1.29 is 4.79 Å². The van der Waals surface area contributed by atoms with Crippen LogP contribution in [-0.4, -0.2) is 17.4 Å². The summed E-state index contributed by atoms with van der Waals surface area (Å²) < 4.78 is 0.768. The lowest BCUT2D eigenvalue weighted by molar-refractivity contribution is 0.102. The highest BCUT2D eigenvalue weighted by atomic mass is 79.9. The fourth-order valence-electron chi connectivity index (χ4n) is 1.70. The Morgan fingerprint density at radius 1 is 1.35 bits per heavy atom. The quantitative estimate of drug-likeness (QED) is 0.866. The number of hydrogen-bond donors (Lipinski definition) is 2. The number of amides is 1. The lowest BCUT2D eigenvalue weighted by Gasteiger charge is -2.11. The first-order chi connectivity index (χ1) is 9.61. The number of anilines is 2. The van der Waals surface area contributed by atoms with Crippen LogP contribution in [0, 0.1) is 0 Å². The molecule has 6 heteroatoms. The molecule has 1 heterocycles. The van der Waals surface area contributed by atoms with Crippen LogP contribution < -0.4 is 10.6 Å². The van der Waals surface area contributed by atoms with Crippen LogP contribution >= 0.6 is 27.5 Å². The molecular weight excluding hydrogens is 342 g/mol. The normalized spacial score (nSPS) is 10.2. The molecule has 0 spiro atoms. The van der Waals surface area contributed by atoms with Crippen molar-refractivity contribution in [3.05, 3.63) is 51.7 Å². The third-order valence-electron chi connectivity index (χ3n) is 2.61. The predicted molar refractivity (Wildman–Crippen MR) is 85.5 cm³/mol. The van der Waals surface area contributed by atoms with Gasteiger partial charge in [-0.25, -0.2) is 0 Å². The summed E-state index contributed by atoms with van der Waals surface area (Å²) in [5.74, 6) is -0.239. The molecule has 2 N–H and O–H groups in total. The van der Waals surface area contributed by atoms with Crippen LogP contribution in [0.4, 0.5) is 11.4 Å². The monoisotopic (exact) mass is 353 g/mol. The number of halogens is 2. The maximum atomic E-state index is 12.3. The topological polar surface area (TPSA) is 54.0 Å². The number of carbonyl (C=O) groups excluding carboxylic acids is 1. The van der Waals surface area contributed by atoms with Gasteiger partial charge >= 0.3 is 0 Å². The molecule has 0 aliphatic rings. The second-order valence-corrected chi connectivity index (χ2v) is 5.32. The van der Waals surface area contributed by atoms with Crippen LogP contribution in [0.15, 0.2) is 41.1 Å². The molecule has 20 heavy (non-hydrogen) atoms. The molecule has 104 valence electrons. The number of benzene rings is 1. The summed E-state index contributed by atoms with van der Waals surface area (Å²) >= 11 is 9.31. The lowest BCUT2D eigenvalue weighted by Crippen LogP contribution is -2.15. The van der Waals surface area contributed by atoms with E-state index in [0.29, 0.717) is 16.3 Å². The van der Waals surface area contributed by atoms with Gasteiger partial charge in [0.05, 0.1) is 16.9 Å². The van der Waals surface area contributed by atoms with Crippen LogP contribution in [0.2, 0.25) is 5.02 Å². The van der Waals surface area contributed by atoms with E-state index in [0.717, 1.165) is 16.7 Å². The predicted octanol–water partition coefficient (Wildman–Crippen LogP) is 4.18. The molecule has 2 rings (SSSR count). The van der Waals surface area contributed by atoms with Crippen LogP contribution in [0.3, 0.4) is 0 Å². The van der Waals surface area contributed by atoms with Crippen LogP contribution in [0.25, 0.3) is 0 Å². The van der Waals surface area contributed by atoms with Crippen molar-refractivity contribution in [3.8, 4) is 0 Å². The Balaban J connectivity index is 2.26. The molecule has 1 aromatic carbocycles. The summed E-state index contributed by atoms with van der Waals surface area (Å²) in [5.41, 5.74) is 1.85. The average Bonchev–Trinajstić information content (AvgIpc) is 2.44. The molecule has 1 amide bonds. The van der Waals surface area contributed by atoms with Crippen LogP contribution in [0.1, 0.15) is 17.3 Å². The maximum Gasteiger partial charge on any atom is 0.259 e. The highest BCUT2D eigenvalue weighted by Crippen LogP contribution is 2.27. The van der Waals surface area contributed by atoms with Gasteiger partial charge in [0.25, 0.3) is 5.91 Å². The molecule has 2 aromatic rings. The van der Waals surface area contributed by atoms with Gasteiger partial charge in [0.15, 0.2) is 0 Å². The fourth-order valence-corrected chi connectivity index (χ4v) is 2.22. The highest BCUT2D eigenvalue weighted by Gasteiger charge is 2.13. The fraction of sp³-hybridized carbons (Fsp3) is 0.143. The summed E-state index contributed by atoms with van der Waals surface area (Å²) in [7, 11) is 0. The molecule has 0 aliphatic heterocycles. The van der Waals surface area contributed by atoms with Crippen molar-refractivity contribution in [2.45, 2.75) is 6.92 Å². The van der Waals surface area contributed by atoms with Gasteiger partial charge in [0.1, 0.15) is 0 Å². The van der Waals surface area contributed by atoms with Crippen LogP contribution in [-0.2, 0) is 0 Å². The molecule has 0 bridgehead atoms. The lowest BCUT2D eigenvalue weighted by atomic mass is 10.2. The van der Waals surface area contributed by atoms with E-state index in [9.17, 15) is 4.79 Å². The van der Waals surface area contributed by atoms with Gasteiger partial charge < -0.3 is 10.6 Å². The number of hydrogen-bond acceptors (Lipinski definition) is 3. The first-order valence-electron chi connectivity index (χ1n) is 6.06. The standard InChI is InChI=1S/C14H13BrClN3O/c1-2-18-12-5-6-17-8-10(12)14(20)19-13-7-9(16)3-4-11(13)15/h3-8H,2H2,1H3,(H,17,18)(H,19,20). The minimum absolute atomic E-state index is 0.239. The molecule has 0 fully saturated rings. The Labute approximate surface area is 130 Å². The summed E-state index contributed by atoms with van der Waals surface area (Å²) in [5, 5.41) is 6.50. The molecule has 0 atom stereocenters. The SMILES string of the molecule is CCNc1ccncc1C(=O)Nc1cc(Cl)ccc1Br. The Bertz CT molecular complexity index is 634. The van der Waals surface area contributed by atoms with E-state index in [-0.39, 0.29) is 5.91 Å². The van der Waals surface area contributed by atoms with E-state index >= 15 is 0 Å². The smallest absolute Gasteiger partial charge is 0.259 e. The van der Waals surface area contributed by atoms with E-state index in [1.165, 1.54) is 6.20 Å². The zero-order valence-corrected chi connectivity index (χ0v) is 13.1. The van der Waals surface area contributed by atoms with Crippen molar-refractivity contribution in [3.63, 3.8) is 0 Å². The molecule has 0 aliphatic carbocycles. The second-order valence-electron chi connectivity index (χ2n) is 4.03. The summed E-state index contributed by atoms with van der Waals surface area (Å²) in [6.07, 6.45) is 3.18. The summed E-state index contributed by atoms with van der Waals surface area (Å²) in [6.45, 7) is 2.70. The van der Waals surface area contributed by atoms with Crippen molar-refractivity contribution in [2.24, 2.45) is 0 Å². The molecule has 1 aromatic heterocycles. The minimum atomic E-state index is -0.239. The van der Waals surface area contributed by atoms with Gasteiger partial charge in [-0.1, -0.05) is 11.6 Å². The van der Waals surface area contributed by atoms with Crippen molar-refractivity contribution in [1.29, 1.82) is 0 Å². The van der Waals surface area contributed by atoms with Crippen molar-refractivity contribution in [1.82, 2.24) is 4.98 Å². The Morgan fingerprint density at radius 2 is 2.15 bits per heavy atom. The first kappa shape index (κ1) is 14.8. The van der Waals surface area contributed by atoms with Crippen LogP contribution in [0.5, 0.6) is 0 Å². The number of aromatic nitrogens is 1. The van der Waals surface area contributed by atoms with Gasteiger partial charge in [-0.05, 0) is 47.1 Å². The second kappa shape index (κ2) is 6.72. The number of carbonyl (C=O) groups is 1. The van der Waals surface area contributed by atoms with Crippen molar-refractivity contribution in [2.75, 3.05) is 17.2 Å². The van der Waals surface area contributed by atoms with Crippen molar-refractivity contribution >= 4 is 44.8 Å². The van der Waals surface area contributed by atoms with Gasteiger partial charge in [-0.3, -0.25) is 9.78 Å². The molecule has 0 saturated heterocycles. The third kappa shape index (κ3) is 3.49. The largest absolute Gasteiger partial charge is 0.385 e. The van der Waals surface area contributed by atoms with Gasteiger partial charge in [0, 0.05) is 28.4 Å². The van der Waals surface area contributed by atoms with E-state index < -0.39 is 0 Å². The van der Waals surface area contributed by atoms with E-state index in [1.54, 1.807) is 30.5 Å². The van der Waals surface area contributed by atoms with E-state index in [2.05, 4.69) is 31.5 Å². The van der Waals surface area contributed by atoms with Gasteiger partial charge in [0.2, 0.25) is 0 Å². The van der Waals surface area contributed by atoms with Gasteiger partial charge in [-0.15, -0.1) is 0 Å². The number of nitrogens with zero attached hydrogens (tertiary/aromatic N) is 1. The average molecular weight is 355 g/mol. The molecule has 0 radical (unpaired) electrons. The van der Waals surface area contributed by atoms with Gasteiger partial charge in [-0.2, -0.15) is 0 Å². The number of pyridine rings is 1. The Morgan fingerprint density at radius 3 is 2.90 bits per heavy atom. The highest BCUT2D eigenvalue weighted by molar-refractivity contribution is 9.10. The maximum absolute atomic E-state index is 12.3. The zero-order chi connectivity index (χ0) is 14.5. The van der Waals surface area contributed by atoms with E-state index in [4.69, 9.17) is 11.6 Å². The molecular formula is C14H13BrClN3O. The molecule has 0 saturated carbocycles. The number of nitrogens with one attached hydrogen (secondary N) is 2. The Kier molecular flexibility index (Phi) is 4.98. The van der Waals surface area contributed by atoms with E-state index in [1.807, 2.05) is 6.92 Å².